The molecule has 0 spiro atoms. The molecule has 0 saturated carbocycles. The minimum absolute atomic E-state index is 0. The van der Waals surface area contributed by atoms with Gasteiger partial charge in [-0.3, -0.25) is 0 Å². The van der Waals surface area contributed by atoms with Crippen LogP contribution in [0.25, 0.3) is 0 Å². The van der Waals surface area contributed by atoms with Gasteiger partial charge in [-0.25, -0.2) is 0 Å². The van der Waals surface area contributed by atoms with Gasteiger partial charge in [0, 0.05) is 0 Å². The first kappa shape index (κ1) is 18.3. The summed E-state index contributed by atoms with van der Waals surface area (Å²) < 4.78 is 11.4. The van der Waals surface area contributed by atoms with E-state index >= 15 is 0 Å². The molecular formula is C17H22ClNO3. The molecule has 2 rings (SSSR count). The Morgan fingerprint density at radius 1 is 1.05 bits per heavy atom. The Hall–Kier alpha value is -1.75. The monoisotopic (exact) mass is 323 g/mol. The summed E-state index contributed by atoms with van der Waals surface area (Å²) in [7, 11) is 0. The highest BCUT2D eigenvalue weighted by Crippen LogP contribution is 2.30. The molecule has 2 aromatic rings. The number of benzene rings is 2. The molecule has 5 heteroatoms. The first-order valence-corrected chi connectivity index (χ1v) is 7.04. The van der Waals surface area contributed by atoms with Crippen molar-refractivity contribution in [2.75, 3.05) is 13.2 Å². The van der Waals surface area contributed by atoms with Crippen LogP contribution in [0.5, 0.6) is 11.5 Å². The van der Waals surface area contributed by atoms with Crippen LogP contribution in [-0.2, 0) is 6.61 Å². The molecule has 3 N–H and O–H groups in total. The van der Waals surface area contributed by atoms with Crippen LogP contribution in [0.1, 0.15) is 24.1 Å². The molecular weight excluding hydrogens is 302 g/mol. The first-order valence-electron chi connectivity index (χ1n) is 7.04. The second-order valence-electron chi connectivity index (χ2n) is 4.70. The van der Waals surface area contributed by atoms with Crippen molar-refractivity contribution in [3.05, 3.63) is 59.7 Å². The molecule has 1 atom stereocenters. The average Bonchev–Trinajstić information content (AvgIpc) is 2.54. The molecule has 22 heavy (non-hydrogen) atoms. The molecule has 0 radical (unpaired) electrons. The summed E-state index contributed by atoms with van der Waals surface area (Å²) in [6.45, 7) is 2.83. The third kappa shape index (κ3) is 4.91. The molecule has 0 heterocycles. The molecule has 0 bridgehead atoms. The Bertz CT molecular complexity index is 563. The third-order valence-corrected chi connectivity index (χ3v) is 3.13. The number of aliphatic hydroxyl groups is 1. The van der Waals surface area contributed by atoms with Gasteiger partial charge in [-0.05, 0) is 30.2 Å². The van der Waals surface area contributed by atoms with E-state index in [1.165, 1.54) is 0 Å². The van der Waals surface area contributed by atoms with E-state index in [1.807, 2.05) is 55.5 Å². The van der Waals surface area contributed by atoms with Gasteiger partial charge in [0.25, 0.3) is 0 Å². The van der Waals surface area contributed by atoms with E-state index in [9.17, 15) is 0 Å². The van der Waals surface area contributed by atoms with Gasteiger partial charge >= 0.3 is 0 Å². The zero-order chi connectivity index (χ0) is 15.1. The zero-order valence-electron chi connectivity index (χ0n) is 12.6. The summed E-state index contributed by atoms with van der Waals surface area (Å²) in [5.74, 6) is 1.32. The Morgan fingerprint density at radius 3 is 2.41 bits per heavy atom. The minimum atomic E-state index is -0.410. The molecule has 0 aromatic heterocycles. The number of hydrogen-bond acceptors (Lipinski definition) is 4. The number of halogens is 1. The van der Waals surface area contributed by atoms with Gasteiger partial charge in [0.1, 0.15) is 6.61 Å². The largest absolute Gasteiger partial charge is 0.490 e. The number of rotatable bonds is 7. The summed E-state index contributed by atoms with van der Waals surface area (Å²) >= 11 is 0. The minimum Gasteiger partial charge on any atom is -0.490 e. The molecule has 120 valence electrons. The summed E-state index contributed by atoms with van der Waals surface area (Å²) in [5, 5.41) is 9.13. The van der Waals surface area contributed by atoms with Crippen LogP contribution >= 0.6 is 12.4 Å². The van der Waals surface area contributed by atoms with Crippen molar-refractivity contribution >= 4 is 12.4 Å². The number of aliphatic hydroxyl groups excluding tert-OH is 1. The maximum absolute atomic E-state index is 9.13. The number of hydrogen-bond donors (Lipinski definition) is 2. The lowest BCUT2D eigenvalue weighted by atomic mass is 10.1. The van der Waals surface area contributed by atoms with E-state index in [4.69, 9.17) is 20.3 Å². The fourth-order valence-corrected chi connectivity index (χ4v) is 1.98. The van der Waals surface area contributed by atoms with Gasteiger partial charge in [-0.2, -0.15) is 0 Å². The predicted molar refractivity (Wildman–Crippen MR) is 89.6 cm³/mol. The average molecular weight is 324 g/mol. The van der Waals surface area contributed by atoms with Crippen molar-refractivity contribution in [1.29, 1.82) is 0 Å². The van der Waals surface area contributed by atoms with Crippen molar-refractivity contribution in [1.82, 2.24) is 0 Å². The van der Waals surface area contributed by atoms with Crippen molar-refractivity contribution in [3.8, 4) is 11.5 Å². The van der Waals surface area contributed by atoms with Gasteiger partial charge in [-0.15, -0.1) is 12.4 Å². The highest BCUT2D eigenvalue weighted by Gasteiger charge is 2.11. The Labute approximate surface area is 137 Å². The summed E-state index contributed by atoms with van der Waals surface area (Å²) in [4.78, 5) is 0. The molecule has 0 amide bonds. The van der Waals surface area contributed by atoms with Crippen molar-refractivity contribution in [2.45, 2.75) is 19.6 Å². The highest BCUT2D eigenvalue weighted by molar-refractivity contribution is 5.85. The molecule has 0 aliphatic heterocycles. The van der Waals surface area contributed by atoms with Crippen LogP contribution < -0.4 is 15.2 Å². The molecule has 0 aliphatic carbocycles. The fourth-order valence-electron chi connectivity index (χ4n) is 1.98. The summed E-state index contributed by atoms with van der Waals surface area (Å²) in [6.07, 6.45) is 0. The van der Waals surface area contributed by atoms with Gasteiger partial charge in [0.05, 0.1) is 19.3 Å². The molecule has 0 saturated heterocycles. The van der Waals surface area contributed by atoms with Crippen LogP contribution in [0, 0.1) is 0 Å². The van der Waals surface area contributed by atoms with Gasteiger partial charge < -0.3 is 20.3 Å². The maximum Gasteiger partial charge on any atom is 0.161 e. The molecule has 0 aliphatic rings. The van der Waals surface area contributed by atoms with Crippen LogP contribution in [0.2, 0.25) is 0 Å². The van der Waals surface area contributed by atoms with Crippen molar-refractivity contribution < 1.29 is 14.6 Å². The van der Waals surface area contributed by atoms with Gasteiger partial charge in [-0.1, -0.05) is 36.4 Å². The highest BCUT2D eigenvalue weighted by atomic mass is 35.5. The molecule has 0 unspecified atom stereocenters. The van der Waals surface area contributed by atoms with E-state index in [0.29, 0.717) is 24.7 Å². The fraction of sp³-hybridized carbons (Fsp3) is 0.294. The van der Waals surface area contributed by atoms with E-state index in [0.717, 1.165) is 11.1 Å². The van der Waals surface area contributed by atoms with Crippen molar-refractivity contribution in [3.63, 3.8) is 0 Å². The van der Waals surface area contributed by atoms with E-state index in [2.05, 4.69) is 0 Å². The Kier molecular flexibility index (Phi) is 7.74. The Morgan fingerprint density at radius 2 is 1.77 bits per heavy atom. The van der Waals surface area contributed by atoms with E-state index < -0.39 is 6.04 Å². The quantitative estimate of drug-likeness (QED) is 0.822. The zero-order valence-corrected chi connectivity index (χ0v) is 13.4. The summed E-state index contributed by atoms with van der Waals surface area (Å²) in [6, 6.07) is 15.0. The second kappa shape index (κ2) is 9.30. The lowest BCUT2D eigenvalue weighted by molar-refractivity contribution is 0.262. The maximum atomic E-state index is 9.13. The van der Waals surface area contributed by atoms with E-state index in [-0.39, 0.29) is 19.0 Å². The topological polar surface area (TPSA) is 64.7 Å². The van der Waals surface area contributed by atoms with Crippen molar-refractivity contribution in [2.24, 2.45) is 5.73 Å². The third-order valence-electron chi connectivity index (χ3n) is 3.13. The predicted octanol–water partition coefficient (Wildman–Crippen LogP) is 3.08. The lowest BCUT2D eigenvalue weighted by Gasteiger charge is -2.15. The van der Waals surface area contributed by atoms with Gasteiger partial charge in [0.15, 0.2) is 11.5 Å². The Balaban J connectivity index is 0.00000242. The van der Waals surface area contributed by atoms with Crippen LogP contribution in [0.15, 0.2) is 48.5 Å². The normalized spacial score (nSPS) is 11.4. The van der Waals surface area contributed by atoms with Crippen LogP contribution in [0.3, 0.4) is 0 Å². The number of ether oxygens (including phenoxy) is 2. The molecule has 0 fully saturated rings. The number of nitrogens with two attached hydrogens (primary N) is 1. The van der Waals surface area contributed by atoms with E-state index in [1.54, 1.807) is 0 Å². The lowest BCUT2D eigenvalue weighted by Crippen LogP contribution is -2.14. The molecule has 2 aromatic carbocycles. The summed E-state index contributed by atoms with van der Waals surface area (Å²) in [5.41, 5.74) is 7.75. The molecule has 4 nitrogen and oxygen atoms in total. The first-order chi connectivity index (χ1) is 10.2. The van der Waals surface area contributed by atoms with Crippen LogP contribution in [0.4, 0.5) is 0 Å². The smallest absolute Gasteiger partial charge is 0.161 e. The SMILES string of the molecule is CCOc1cc([C@H](N)CO)ccc1OCc1ccccc1.Cl. The van der Waals surface area contributed by atoms with Crippen LogP contribution in [-0.4, -0.2) is 18.3 Å². The standard InChI is InChI=1S/C17H21NO3.ClH/c1-2-20-17-10-14(15(18)11-19)8-9-16(17)21-12-13-6-4-3-5-7-13;/h3-10,15,19H,2,11-12,18H2,1H3;1H/t15-;/m1./s1. The second-order valence-corrected chi connectivity index (χ2v) is 4.70. The van der Waals surface area contributed by atoms with Gasteiger partial charge in [0.2, 0.25) is 0 Å².